The molecule has 8 heteroatoms. The third-order valence-electron chi connectivity index (χ3n) is 4.57. The molecule has 0 radical (unpaired) electrons. The normalized spacial score (nSPS) is 13.8. The van der Waals surface area contributed by atoms with Gasteiger partial charge in [-0.25, -0.2) is 9.29 Å². The van der Waals surface area contributed by atoms with Crippen LogP contribution >= 0.6 is 11.3 Å². The number of nitrogens with zero attached hydrogens (tertiary/aromatic N) is 1. The van der Waals surface area contributed by atoms with Crippen LogP contribution in [0.1, 0.15) is 4.88 Å². The second-order valence-electron chi connectivity index (χ2n) is 6.35. The van der Waals surface area contributed by atoms with Crippen LogP contribution in [0.2, 0.25) is 0 Å². The van der Waals surface area contributed by atoms with Crippen molar-refractivity contribution in [1.82, 2.24) is 0 Å². The Bertz CT molecular complexity index is 1160. The van der Waals surface area contributed by atoms with Crippen molar-refractivity contribution in [3.63, 3.8) is 0 Å². The summed E-state index contributed by atoms with van der Waals surface area (Å²) in [7, 11) is 3.03. The van der Waals surface area contributed by atoms with E-state index in [4.69, 9.17) is 9.47 Å². The highest BCUT2D eigenvalue weighted by Crippen LogP contribution is 2.37. The van der Waals surface area contributed by atoms with E-state index < -0.39 is 17.6 Å². The van der Waals surface area contributed by atoms with Gasteiger partial charge in [0.15, 0.2) is 11.5 Å². The minimum atomic E-state index is -0.566. The summed E-state index contributed by atoms with van der Waals surface area (Å²) in [6.07, 6.45) is 0. The Morgan fingerprint density at radius 1 is 0.933 bits per heavy atom. The van der Waals surface area contributed by atoms with E-state index in [9.17, 15) is 14.0 Å². The lowest BCUT2D eigenvalue weighted by Gasteiger charge is -2.15. The van der Waals surface area contributed by atoms with Crippen LogP contribution in [0.25, 0.3) is 5.57 Å². The Labute approximate surface area is 176 Å². The van der Waals surface area contributed by atoms with Crippen molar-refractivity contribution >= 4 is 40.1 Å². The summed E-state index contributed by atoms with van der Waals surface area (Å²) in [5, 5.41) is 4.86. The van der Waals surface area contributed by atoms with Gasteiger partial charge in [0.05, 0.1) is 25.5 Å². The quantitative estimate of drug-likeness (QED) is 0.598. The largest absolute Gasteiger partial charge is 0.493 e. The van der Waals surface area contributed by atoms with Gasteiger partial charge >= 0.3 is 0 Å². The van der Waals surface area contributed by atoms with Gasteiger partial charge in [-0.2, -0.15) is 0 Å². The summed E-state index contributed by atoms with van der Waals surface area (Å²) in [4.78, 5) is 28.0. The molecule has 1 aliphatic rings. The molecule has 30 heavy (non-hydrogen) atoms. The SMILES string of the molecule is COc1ccc(NC2=C(c3cccs3)C(=O)N(c3cccc(F)c3)C2=O)cc1OC. The van der Waals surface area contributed by atoms with Crippen molar-refractivity contribution in [2.75, 3.05) is 24.4 Å². The first-order valence-electron chi connectivity index (χ1n) is 8.95. The second kappa shape index (κ2) is 8.00. The first-order chi connectivity index (χ1) is 14.5. The molecule has 4 rings (SSSR count). The van der Waals surface area contributed by atoms with Crippen molar-refractivity contribution in [3.8, 4) is 11.5 Å². The van der Waals surface area contributed by atoms with Gasteiger partial charge in [-0.15, -0.1) is 11.3 Å². The van der Waals surface area contributed by atoms with Crippen molar-refractivity contribution in [2.24, 2.45) is 0 Å². The van der Waals surface area contributed by atoms with Crippen LogP contribution in [0.4, 0.5) is 15.8 Å². The van der Waals surface area contributed by atoms with Gasteiger partial charge in [-0.1, -0.05) is 12.1 Å². The Morgan fingerprint density at radius 3 is 2.40 bits per heavy atom. The van der Waals surface area contributed by atoms with Gasteiger partial charge in [-0.05, 0) is 41.8 Å². The first kappa shape index (κ1) is 19.7. The van der Waals surface area contributed by atoms with E-state index in [1.54, 1.807) is 30.3 Å². The standard InChI is InChI=1S/C22H17FN2O4S/c1-28-16-9-8-14(12-17(16)29-2)24-20-19(18-7-4-10-30-18)21(26)25(22(20)27)15-6-3-5-13(23)11-15/h3-12,24H,1-2H3. The molecule has 0 unspecified atom stereocenters. The molecule has 1 aliphatic heterocycles. The molecular weight excluding hydrogens is 407 g/mol. The number of carbonyl (C=O) groups is 2. The predicted octanol–water partition coefficient (Wildman–Crippen LogP) is 4.30. The number of carbonyl (C=O) groups excluding carboxylic acids is 2. The van der Waals surface area contributed by atoms with E-state index in [-0.39, 0.29) is 17.0 Å². The van der Waals surface area contributed by atoms with Gasteiger partial charge in [0.2, 0.25) is 0 Å². The molecule has 1 aromatic heterocycles. The van der Waals surface area contributed by atoms with Crippen molar-refractivity contribution in [1.29, 1.82) is 0 Å². The molecule has 0 saturated carbocycles. The fraction of sp³-hybridized carbons (Fsp3) is 0.0909. The number of amides is 2. The zero-order valence-electron chi connectivity index (χ0n) is 16.1. The molecular formula is C22H17FN2O4S. The Hall–Kier alpha value is -3.65. The summed E-state index contributed by atoms with van der Waals surface area (Å²) < 4.78 is 24.3. The van der Waals surface area contributed by atoms with Gasteiger partial charge in [0.1, 0.15) is 11.5 Å². The lowest BCUT2D eigenvalue weighted by Crippen LogP contribution is -2.32. The molecule has 0 fully saturated rings. The zero-order valence-corrected chi connectivity index (χ0v) is 17.0. The molecule has 0 bridgehead atoms. The van der Waals surface area contributed by atoms with E-state index in [0.29, 0.717) is 22.1 Å². The number of nitrogens with one attached hydrogen (secondary N) is 1. The summed E-state index contributed by atoms with van der Waals surface area (Å²) >= 11 is 1.34. The maximum absolute atomic E-state index is 13.7. The van der Waals surface area contributed by atoms with Crippen LogP contribution < -0.4 is 19.7 Å². The number of thiophene rings is 1. The highest BCUT2D eigenvalue weighted by molar-refractivity contribution is 7.11. The van der Waals surface area contributed by atoms with Crippen LogP contribution in [-0.2, 0) is 9.59 Å². The average Bonchev–Trinajstić information content (AvgIpc) is 3.34. The minimum absolute atomic E-state index is 0.110. The number of methoxy groups -OCH3 is 2. The lowest BCUT2D eigenvalue weighted by atomic mass is 10.1. The van der Waals surface area contributed by atoms with Crippen molar-refractivity contribution < 1.29 is 23.5 Å². The van der Waals surface area contributed by atoms with Crippen LogP contribution in [-0.4, -0.2) is 26.0 Å². The number of anilines is 2. The average molecular weight is 424 g/mol. The summed E-state index contributed by atoms with van der Waals surface area (Å²) in [5.74, 6) is -0.614. The minimum Gasteiger partial charge on any atom is -0.493 e. The van der Waals surface area contributed by atoms with E-state index in [0.717, 1.165) is 11.0 Å². The predicted molar refractivity (Wildman–Crippen MR) is 113 cm³/mol. The number of halogens is 1. The number of hydrogen-bond donors (Lipinski definition) is 1. The third-order valence-corrected chi connectivity index (χ3v) is 5.46. The molecule has 152 valence electrons. The lowest BCUT2D eigenvalue weighted by molar-refractivity contribution is -0.120. The maximum atomic E-state index is 13.7. The maximum Gasteiger partial charge on any atom is 0.282 e. The first-order valence-corrected chi connectivity index (χ1v) is 9.83. The van der Waals surface area contributed by atoms with Crippen molar-refractivity contribution in [2.45, 2.75) is 0 Å². The highest BCUT2D eigenvalue weighted by Gasteiger charge is 2.40. The van der Waals surface area contributed by atoms with Crippen LogP contribution in [0.15, 0.2) is 65.7 Å². The number of ether oxygens (including phenoxy) is 2. The highest BCUT2D eigenvalue weighted by atomic mass is 32.1. The van der Waals surface area contributed by atoms with Crippen molar-refractivity contribution in [3.05, 3.63) is 76.4 Å². The summed E-state index contributed by atoms with van der Waals surface area (Å²) in [6.45, 7) is 0. The van der Waals surface area contributed by atoms with E-state index in [2.05, 4.69) is 5.32 Å². The molecule has 0 atom stereocenters. The molecule has 2 amide bonds. The molecule has 6 nitrogen and oxygen atoms in total. The fourth-order valence-electron chi connectivity index (χ4n) is 3.20. The molecule has 3 aromatic rings. The molecule has 2 aromatic carbocycles. The van der Waals surface area contributed by atoms with Crippen LogP contribution in [0.3, 0.4) is 0 Å². The Balaban J connectivity index is 1.78. The Morgan fingerprint density at radius 2 is 1.73 bits per heavy atom. The number of imide groups is 1. The third kappa shape index (κ3) is 3.42. The Kier molecular flexibility index (Phi) is 5.24. The second-order valence-corrected chi connectivity index (χ2v) is 7.30. The van der Waals surface area contributed by atoms with Gasteiger partial charge in [0.25, 0.3) is 11.8 Å². The number of rotatable bonds is 6. The van der Waals surface area contributed by atoms with Gasteiger partial charge in [0, 0.05) is 16.6 Å². The molecule has 0 spiro atoms. The van der Waals surface area contributed by atoms with E-state index in [1.165, 1.54) is 43.8 Å². The smallest absolute Gasteiger partial charge is 0.282 e. The molecule has 2 heterocycles. The molecule has 0 saturated heterocycles. The zero-order chi connectivity index (χ0) is 21.3. The topological polar surface area (TPSA) is 67.9 Å². The summed E-state index contributed by atoms with van der Waals surface area (Å²) in [5.41, 5.74) is 1.05. The monoisotopic (exact) mass is 424 g/mol. The molecule has 1 N–H and O–H groups in total. The summed E-state index contributed by atoms with van der Waals surface area (Å²) in [6, 6.07) is 14.0. The fourth-order valence-corrected chi connectivity index (χ4v) is 3.97. The van der Waals surface area contributed by atoms with Gasteiger partial charge < -0.3 is 14.8 Å². The number of hydrogen-bond acceptors (Lipinski definition) is 6. The number of benzene rings is 2. The van der Waals surface area contributed by atoms with Crippen LogP contribution in [0, 0.1) is 5.82 Å². The van der Waals surface area contributed by atoms with E-state index in [1.807, 2.05) is 5.38 Å². The molecule has 0 aliphatic carbocycles. The van der Waals surface area contributed by atoms with Crippen LogP contribution in [0.5, 0.6) is 11.5 Å². The van der Waals surface area contributed by atoms with Gasteiger partial charge in [-0.3, -0.25) is 9.59 Å². The van der Waals surface area contributed by atoms with E-state index >= 15 is 0 Å².